The van der Waals surface area contributed by atoms with Crippen molar-refractivity contribution < 1.29 is 41.0 Å². The zero-order valence-corrected chi connectivity index (χ0v) is 23.1. The molecule has 43 heavy (non-hydrogen) atoms. The molecule has 4 rings (SSSR count). The van der Waals surface area contributed by atoms with Crippen LogP contribution >= 0.6 is 11.3 Å². The van der Waals surface area contributed by atoms with Crippen LogP contribution in [0.4, 0.5) is 27.1 Å². The number of anilines is 1. The molecular weight excluding hydrogens is 603 g/mol. The second kappa shape index (κ2) is 14.0. The molecule has 0 fully saturated rings. The Morgan fingerprint density at radius 3 is 2.72 bits per heavy atom. The number of carbonyl (C=O) groups excluding carboxylic acids is 2. The van der Waals surface area contributed by atoms with E-state index in [0.29, 0.717) is 16.6 Å². The fraction of sp³-hybridized carbons (Fsp3) is 0.320. The summed E-state index contributed by atoms with van der Waals surface area (Å²) in [4.78, 5) is 28.8. The largest absolute Gasteiger partial charge is 0.573 e. The van der Waals surface area contributed by atoms with Gasteiger partial charge in [-0.25, -0.2) is 18.4 Å². The molecule has 2 N–H and O–H groups in total. The minimum atomic E-state index is -4.97. The summed E-state index contributed by atoms with van der Waals surface area (Å²) >= 11 is 0.960. The lowest BCUT2D eigenvalue weighted by atomic mass is 10.1. The quantitative estimate of drug-likeness (QED) is 0.212. The number of hydrogen-bond donors (Lipinski definition) is 2. The van der Waals surface area contributed by atoms with Crippen LogP contribution in [-0.2, 0) is 30.7 Å². The van der Waals surface area contributed by atoms with Crippen molar-refractivity contribution >= 4 is 28.3 Å². The molecule has 12 nitrogen and oxygen atoms in total. The zero-order chi connectivity index (χ0) is 31.0. The number of nitrogens with one attached hydrogen (secondary N) is 2. The van der Waals surface area contributed by atoms with Gasteiger partial charge in [0.05, 0.1) is 38.5 Å². The van der Waals surface area contributed by atoms with E-state index in [1.807, 2.05) is 0 Å². The molecule has 0 aliphatic rings. The number of alkyl halides is 4. The van der Waals surface area contributed by atoms with Crippen LogP contribution in [0.15, 0.2) is 42.6 Å². The van der Waals surface area contributed by atoms with E-state index in [1.165, 1.54) is 18.0 Å². The van der Waals surface area contributed by atoms with Gasteiger partial charge in [0.1, 0.15) is 22.7 Å². The summed E-state index contributed by atoms with van der Waals surface area (Å²) in [7, 11) is 1.48. The van der Waals surface area contributed by atoms with E-state index >= 15 is 0 Å². The SMILES string of the molecule is COc1cccc(CNC(=O)c2cn(CC(F)CCc3nnc(NC(=O)Cc4cc(OC(F)(F)F)ccc4F)s3)nn2)n1. The topological polar surface area (TPSA) is 146 Å². The molecule has 0 aliphatic carbocycles. The number of aromatic nitrogens is 6. The van der Waals surface area contributed by atoms with Crippen LogP contribution in [0.3, 0.4) is 0 Å². The number of hydrogen-bond acceptors (Lipinski definition) is 10. The van der Waals surface area contributed by atoms with Crippen LogP contribution in [0.25, 0.3) is 0 Å². The average Bonchev–Trinajstić information content (AvgIpc) is 3.61. The number of halogens is 5. The summed E-state index contributed by atoms with van der Waals surface area (Å²) < 4.78 is 75.8. The van der Waals surface area contributed by atoms with Crippen molar-refractivity contribution in [3.05, 3.63) is 70.4 Å². The molecule has 0 spiro atoms. The molecule has 1 atom stereocenters. The maximum Gasteiger partial charge on any atom is 0.573 e. The van der Waals surface area contributed by atoms with Gasteiger partial charge in [-0.05, 0) is 30.7 Å². The molecule has 0 aliphatic heterocycles. The van der Waals surface area contributed by atoms with Crippen molar-refractivity contribution in [1.29, 1.82) is 0 Å². The summed E-state index contributed by atoms with van der Waals surface area (Å²) in [5.74, 6) is -2.41. The van der Waals surface area contributed by atoms with Crippen molar-refractivity contribution in [2.24, 2.45) is 0 Å². The summed E-state index contributed by atoms with van der Waals surface area (Å²) in [6.07, 6.45) is -5.44. The highest BCUT2D eigenvalue weighted by atomic mass is 32.1. The lowest BCUT2D eigenvalue weighted by molar-refractivity contribution is -0.274. The van der Waals surface area contributed by atoms with Crippen molar-refractivity contribution in [3.8, 4) is 11.6 Å². The number of methoxy groups -OCH3 is 1. The van der Waals surface area contributed by atoms with Gasteiger partial charge in [-0.2, -0.15) is 0 Å². The minimum Gasteiger partial charge on any atom is -0.481 e. The van der Waals surface area contributed by atoms with Gasteiger partial charge in [0.25, 0.3) is 5.91 Å². The van der Waals surface area contributed by atoms with Crippen molar-refractivity contribution in [3.63, 3.8) is 0 Å². The number of aryl methyl sites for hydroxylation is 1. The molecule has 3 heterocycles. The number of pyridine rings is 1. The van der Waals surface area contributed by atoms with Crippen LogP contribution in [0, 0.1) is 5.82 Å². The highest BCUT2D eigenvalue weighted by Crippen LogP contribution is 2.25. The Labute approximate surface area is 244 Å². The van der Waals surface area contributed by atoms with E-state index in [2.05, 4.69) is 40.9 Å². The van der Waals surface area contributed by atoms with Crippen LogP contribution in [0.1, 0.15) is 33.2 Å². The predicted octanol–water partition coefficient (Wildman–Crippen LogP) is 3.65. The second-order valence-corrected chi connectivity index (χ2v) is 9.90. The Balaban J connectivity index is 1.21. The number of carbonyl (C=O) groups is 2. The second-order valence-electron chi connectivity index (χ2n) is 8.84. The molecule has 18 heteroatoms. The lowest BCUT2D eigenvalue weighted by Crippen LogP contribution is -2.23. The summed E-state index contributed by atoms with van der Waals surface area (Å²) in [5, 5.41) is 20.7. The van der Waals surface area contributed by atoms with E-state index in [-0.39, 0.29) is 42.3 Å². The van der Waals surface area contributed by atoms with Gasteiger partial charge >= 0.3 is 6.36 Å². The predicted molar refractivity (Wildman–Crippen MR) is 141 cm³/mol. The van der Waals surface area contributed by atoms with E-state index in [1.54, 1.807) is 18.2 Å². The van der Waals surface area contributed by atoms with Crippen LogP contribution < -0.4 is 20.1 Å². The fourth-order valence-corrected chi connectivity index (χ4v) is 4.39. The lowest BCUT2D eigenvalue weighted by Gasteiger charge is -2.10. The third-order valence-electron chi connectivity index (χ3n) is 5.56. The minimum absolute atomic E-state index is 0.000844. The van der Waals surface area contributed by atoms with Gasteiger partial charge < -0.3 is 20.1 Å². The number of nitrogens with zero attached hydrogens (tertiary/aromatic N) is 6. The first kappa shape index (κ1) is 31.2. The smallest absolute Gasteiger partial charge is 0.481 e. The van der Waals surface area contributed by atoms with Crippen molar-refractivity contribution in [2.75, 3.05) is 12.4 Å². The highest BCUT2D eigenvalue weighted by molar-refractivity contribution is 7.15. The summed E-state index contributed by atoms with van der Waals surface area (Å²) in [5.41, 5.74) is 0.257. The van der Waals surface area contributed by atoms with Crippen LogP contribution in [-0.4, -0.2) is 61.6 Å². The fourth-order valence-electron chi connectivity index (χ4n) is 3.62. The maximum atomic E-state index is 14.6. The van der Waals surface area contributed by atoms with Crippen LogP contribution in [0.2, 0.25) is 0 Å². The van der Waals surface area contributed by atoms with E-state index in [0.717, 1.165) is 29.5 Å². The molecule has 1 aromatic carbocycles. The first-order valence-corrected chi connectivity index (χ1v) is 13.3. The zero-order valence-electron chi connectivity index (χ0n) is 22.3. The summed E-state index contributed by atoms with van der Waals surface area (Å²) in [6.45, 7) is -0.0529. The third-order valence-corrected chi connectivity index (χ3v) is 6.46. The van der Waals surface area contributed by atoms with Crippen LogP contribution in [0.5, 0.6) is 11.6 Å². The van der Waals surface area contributed by atoms with Gasteiger partial charge in [-0.3, -0.25) is 9.59 Å². The molecule has 1 unspecified atom stereocenters. The van der Waals surface area contributed by atoms with Gasteiger partial charge in [-0.15, -0.1) is 28.5 Å². The first-order chi connectivity index (χ1) is 20.5. The Bertz CT molecular complexity index is 1560. The number of benzene rings is 1. The molecule has 0 radical (unpaired) electrons. The molecule has 0 saturated heterocycles. The Kier molecular flexibility index (Phi) is 10.1. The van der Waals surface area contributed by atoms with Gasteiger partial charge in [0, 0.05) is 18.1 Å². The molecule has 0 saturated carbocycles. The van der Waals surface area contributed by atoms with Gasteiger partial charge in [-0.1, -0.05) is 22.6 Å². The molecule has 0 bridgehead atoms. The number of rotatable bonds is 13. The van der Waals surface area contributed by atoms with E-state index in [9.17, 15) is 31.5 Å². The van der Waals surface area contributed by atoms with Crippen molar-refractivity contribution in [2.45, 2.75) is 44.9 Å². The summed E-state index contributed by atoms with van der Waals surface area (Å²) in [6, 6.07) is 7.44. The third kappa shape index (κ3) is 9.66. The normalized spacial score (nSPS) is 12.0. The average molecular weight is 627 g/mol. The molecule has 4 aromatic rings. The van der Waals surface area contributed by atoms with Gasteiger partial charge in [0.2, 0.25) is 16.9 Å². The molecule has 2 amide bonds. The standard InChI is InChI=1S/C25H23F5N8O4S/c1-41-21-4-2-3-16(32-21)11-31-23(40)19-13-38(37-34-19)12-15(26)5-8-22-35-36-24(43-22)33-20(39)10-14-9-17(6-7-18(14)27)42-25(28,29)30/h2-4,6-7,9,13,15H,5,8,10-12H2,1H3,(H,31,40)(H,33,36,39). The first-order valence-electron chi connectivity index (χ1n) is 12.5. The maximum absolute atomic E-state index is 14.6. The Hall–Kier alpha value is -4.74. The molecule has 3 aromatic heterocycles. The van der Waals surface area contributed by atoms with E-state index < -0.39 is 42.3 Å². The van der Waals surface area contributed by atoms with Crippen molar-refractivity contribution in [1.82, 2.24) is 35.5 Å². The molecule has 228 valence electrons. The monoisotopic (exact) mass is 626 g/mol. The number of ether oxygens (including phenoxy) is 2. The Morgan fingerprint density at radius 2 is 1.95 bits per heavy atom. The highest BCUT2D eigenvalue weighted by Gasteiger charge is 2.31. The Morgan fingerprint density at radius 1 is 1.14 bits per heavy atom. The molecular formula is C25H23F5N8O4S. The number of amides is 2. The van der Waals surface area contributed by atoms with E-state index in [4.69, 9.17) is 4.74 Å². The van der Waals surface area contributed by atoms with Gasteiger partial charge in [0.15, 0.2) is 5.69 Å².